The van der Waals surface area contributed by atoms with Gasteiger partial charge in [-0.05, 0) is 29.6 Å². The SMILES string of the molecule is Oc1c(C(c2cccs2)[NH+]2CCOCC2)cc(Cl)c2cccnc12. The zero-order chi connectivity index (χ0) is 16.5. The first-order valence-electron chi connectivity index (χ1n) is 7.97. The fraction of sp³-hybridized carbons (Fsp3) is 0.278. The van der Waals surface area contributed by atoms with Crippen molar-refractivity contribution in [2.75, 3.05) is 26.3 Å². The van der Waals surface area contributed by atoms with Crippen molar-refractivity contribution in [2.45, 2.75) is 6.04 Å². The maximum absolute atomic E-state index is 10.9. The minimum Gasteiger partial charge on any atom is -0.505 e. The number of quaternary nitrogens is 1. The molecule has 6 heteroatoms. The summed E-state index contributed by atoms with van der Waals surface area (Å²) >= 11 is 8.20. The van der Waals surface area contributed by atoms with E-state index in [1.807, 2.05) is 24.3 Å². The van der Waals surface area contributed by atoms with Crippen molar-refractivity contribution >= 4 is 33.8 Å². The summed E-state index contributed by atoms with van der Waals surface area (Å²) in [6, 6.07) is 9.82. The number of rotatable bonds is 3. The van der Waals surface area contributed by atoms with Crippen molar-refractivity contribution in [3.8, 4) is 5.75 Å². The maximum Gasteiger partial charge on any atom is 0.152 e. The highest BCUT2D eigenvalue weighted by molar-refractivity contribution is 7.10. The van der Waals surface area contributed by atoms with Gasteiger partial charge in [0, 0.05) is 11.6 Å². The van der Waals surface area contributed by atoms with Gasteiger partial charge in [-0.3, -0.25) is 4.98 Å². The van der Waals surface area contributed by atoms with Gasteiger partial charge in [-0.1, -0.05) is 17.7 Å². The summed E-state index contributed by atoms with van der Waals surface area (Å²) in [4.78, 5) is 6.94. The molecule has 0 bridgehead atoms. The van der Waals surface area contributed by atoms with E-state index in [-0.39, 0.29) is 11.8 Å². The molecule has 4 rings (SSSR count). The lowest BCUT2D eigenvalue weighted by Gasteiger charge is -2.31. The van der Waals surface area contributed by atoms with Crippen LogP contribution in [0.5, 0.6) is 5.75 Å². The van der Waals surface area contributed by atoms with Crippen LogP contribution in [0.1, 0.15) is 16.5 Å². The smallest absolute Gasteiger partial charge is 0.152 e. The van der Waals surface area contributed by atoms with Crippen LogP contribution in [-0.4, -0.2) is 36.4 Å². The molecule has 0 amide bonds. The Hall–Kier alpha value is -1.66. The van der Waals surface area contributed by atoms with Gasteiger partial charge in [-0.25, -0.2) is 0 Å². The van der Waals surface area contributed by atoms with Gasteiger partial charge in [0.2, 0.25) is 0 Å². The standard InChI is InChI=1S/C18H17ClN2O2S/c19-14-11-13(18(22)16-12(14)3-1-5-20-16)17(15-4-2-10-24-15)21-6-8-23-9-7-21/h1-5,10-11,17,22H,6-9H2/p+1. The highest BCUT2D eigenvalue weighted by Crippen LogP contribution is 2.38. The molecular formula is C18H18ClN2O2S+. The third-order valence-corrected chi connectivity index (χ3v) is 5.78. The Morgan fingerprint density at radius 3 is 2.83 bits per heavy atom. The summed E-state index contributed by atoms with van der Waals surface area (Å²) in [5.74, 6) is 0.229. The Morgan fingerprint density at radius 2 is 2.08 bits per heavy atom. The van der Waals surface area contributed by atoms with Crippen molar-refractivity contribution in [1.29, 1.82) is 0 Å². The normalized spacial score (nSPS) is 17.2. The summed E-state index contributed by atoms with van der Waals surface area (Å²) in [7, 11) is 0. The minimum atomic E-state index is 0.0396. The molecule has 1 aliphatic heterocycles. The van der Waals surface area contributed by atoms with Crippen molar-refractivity contribution < 1.29 is 14.7 Å². The predicted molar refractivity (Wildman–Crippen MR) is 96.1 cm³/mol. The molecule has 1 unspecified atom stereocenters. The van der Waals surface area contributed by atoms with Gasteiger partial charge in [-0.2, -0.15) is 0 Å². The molecule has 2 aromatic heterocycles. The number of nitrogens with one attached hydrogen (secondary N) is 1. The van der Waals surface area contributed by atoms with Crippen LogP contribution in [0.4, 0.5) is 0 Å². The van der Waals surface area contributed by atoms with E-state index in [4.69, 9.17) is 16.3 Å². The molecule has 0 saturated carbocycles. The quantitative estimate of drug-likeness (QED) is 0.754. The van der Waals surface area contributed by atoms with Gasteiger partial charge in [-0.15, -0.1) is 11.3 Å². The van der Waals surface area contributed by atoms with E-state index in [9.17, 15) is 5.11 Å². The van der Waals surface area contributed by atoms with Gasteiger partial charge >= 0.3 is 0 Å². The summed E-state index contributed by atoms with van der Waals surface area (Å²) in [6.07, 6.45) is 1.68. The second-order valence-corrected chi connectivity index (χ2v) is 7.30. The first-order chi connectivity index (χ1) is 11.8. The Morgan fingerprint density at radius 1 is 1.25 bits per heavy atom. The number of nitrogens with zero attached hydrogens (tertiary/aromatic N) is 1. The van der Waals surface area contributed by atoms with Crippen molar-refractivity contribution in [3.63, 3.8) is 0 Å². The number of aromatic hydroxyl groups is 1. The van der Waals surface area contributed by atoms with Crippen molar-refractivity contribution in [2.24, 2.45) is 0 Å². The zero-order valence-corrected chi connectivity index (χ0v) is 14.6. The monoisotopic (exact) mass is 361 g/mol. The number of phenolic OH excluding ortho intramolecular Hbond substituents is 1. The molecule has 0 aliphatic carbocycles. The number of aromatic nitrogens is 1. The van der Waals surface area contributed by atoms with Crippen LogP contribution in [0, 0.1) is 0 Å². The number of fused-ring (bicyclic) bond motifs is 1. The number of hydrogen-bond acceptors (Lipinski definition) is 4. The van der Waals surface area contributed by atoms with Gasteiger partial charge in [0.1, 0.15) is 18.6 Å². The number of ether oxygens (including phenoxy) is 1. The van der Waals surface area contributed by atoms with Gasteiger partial charge in [0.25, 0.3) is 0 Å². The lowest BCUT2D eigenvalue weighted by atomic mass is 9.99. The van der Waals surface area contributed by atoms with Crippen LogP contribution in [0.25, 0.3) is 10.9 Å². The highest BCUT2D eigenvalue weighted by Gasteiger charge is 2.32. The highest BCUT2D eigenvalue weighted by atomic mass is 35.5. The van der Waals surface area contributed by atoms with Gasteiger partial charge in [0.05, 0.1) is 28.7 Å². The summed E-state index contributed by atoms with van der Waals surface area (Å²) in [6.45, 7) is 3.27. The van der Waals surface area contributed by atoms with E-state index in [1.165, 1.54) is 9.78 Å². The van der Waals surface area contributed by atoms with E-state index in [2.05, 4.69) is 16.4 Å². The van der Waals surface area contributed by atoms with Gasteiger partial charge < -0.3 is 14.7 Å². The van der Waals surface area contributed by atoms with Crippen molar-refractivity contribution in [3.05, 3.63) is 57.4 Å². The predicted octanol–water partition coefficient (Wildman–Crippen LogP) is 2.66. The lowest BCUT2D eigenvalue weighted by Crippen LogP contribution is -3.14. The lowest BCUT2D eigenvalue weighted by molar-refractivity contribution is -0.932. The Labute approximate surface area is 149 Å². The van der Waals surface area contributed by atoms with E-state index < -0.39 is 0 Å². The molecule has 0 spiro atoms. The largest absolute Gasteiger partial charge is 0.505 e. The number of morpholine rings is 1. The van der Waals surface area contributed by atoms with E-state index in [0.717, 1.165) is 37.3 Å². The number of benzene rings is 1. The second kappa shape index (κ2) is 6.69. The molecule has 1 aromatic carbocycles. The first kappa shape index (κ1) is 15.8. The van der Waals surface area contributed by atoms with Crippen molar-refractivity contribution in [1.82, 2.24) is 4.98 Å². The summed E-state index contributed by atoms with van der Waals surface area (Å²) in [5, 5.41) is 14.4. The molecule has 24 heavy (non-hydrogen) atoms. The molecule has 3 heterocycles. The molecule has 1 atom stereocenters. The molecule has 124 valence electrons. The molecular weight excluding hydrogens is 344 g/mol. The zero-order valence-electron chi connectivity index (χ0n) is 13.0. The second-order valence-electron chi connectivity index (χ2n) is 5.91. The Bertz CT molecular complexity index is 848. The van der Waals surface area contributed by atoms with Crippen LogP contribution in [0.3, 0.4) is 0 Å². The third kappa shape index (κ3) is 2.78. The van der Waals surface area contributed by atoms with Crippen LogP contribution >= 0.6 is 22.9 Å². The Balaban J connectivity index is 1.89. The maximum atomic E-state index is 10.9. The van der Waals surface area contributed by atoms with Crippen LogP contribution in [0.15, 0.2) is 41.9 Å². The topological polar surface area (TPSA) is 46.8 Å². The number of hydrogen-bond donors (Lipinski definition) is 2. The van der Waals surface area contributed by atoms with Crippen LogP contribution in [-0.2, 0) is 4.74 Å². The number of pyridine rings is 1. The first-order valence-corrected chi connectivity index (χ1v) is 9.23. The molecule has 4 nitrogen and oxygen atoms in total. The molecule has 1 fully saturated rings. The van der Waals surface area contributed by atoms with Crippen LogP contribution < -0.4 is 4.90 Å². The third-order valence-electron chi connectivity index (χ3n) is 4.53. The summed E-state index contributed by atoms with van der Waals surface area (Å²) < 4.78 is 5.51. The Kier molecular flexibility index (Phi) is 4.41. The number of thiophene rings is 1. The average molecular weight is 362 g/mol. The molecule has 3 aromatic rings. The fourth-order valence-electron chi connectivity index (χ4n) is 3.38. The number of phenols is 1. The molecule has 1 aliphatic rings. The molecule has 2 N–H and O–H groups in total. The molecule has 0 radical (unpaired) electrons. The van der Waals surface area contributed by atoms with E-state index in [1.54, 1.807) is 17.5 Å². The number of halogens is 1. The molecule has 1 saturated heterocycles. The fourth-order valence-corrected chi connectivity index (χ4v) is 4.55. The summed E-state index contributed by atoms with van der Waals surface area (Å²) in [5.41, 5.74) is 1.40. The van der Waals surface area contributed by atoms with Crippen LogP contribution in [0.2, 0.25) is 5.02 Å². The van der Waals surface area contributed by atoms with Gasteiger partial charge in [0.15, 0.2) is 11.8 Å². The minimum absolute atomic E-state index is 0.0396. The average Bonchev–Trinajstić information content (AvgIpc) is 3.15. The van der Waals surface area contributed by atoms with E-state index in [0.29, 0.717) is 10.5 Å². The van der Waals surface area contributed by atoms with E-state index >= 15 is 0 Å².